The van der Waals surface area contributed by atoms with Crippen molar-refractivity contribution in [3.8, 4) is 22.5 Å². The van der Waals surface area contributed by atoms with Gasteiger partial charge >= 0.3 is 0 Å². The number of aliphatic hydroxyl groups excluding tert-OH is 1. The lowest BCUT2D eigenvalue weighted by molar-refractivity contribution is 0.281. The molecule has 132 valence electrons. The smallest absolute Gasteiger partial charge is 0.254 e. The van der Waals surface area contributed by atoms with E-state index in [0.717, 1.165) is 33.1 Å². The molecule has 0 saturated heterocycles. The van der Waals surface area contributed by atoms with Gasteiger partial charge in [-0.3, -0.25) is 4.79 Å². The number of aromatic nitrogens is 6. The molecule has 5 aromatic rings. The summed E-state index contributed by atoms with van der Waals surface area (Å²) in [6.45, 7) is -0.371. The summed E-state index contributed by atoms with van der Waals surface area (Å²) in [6.07, 6.45) is 0. The number of benzene rings is 2. The SMILES string of the molecule is O=c1[nH]c2c([nH]c3ccccc32)c(-c2cccc(-c3nnn[nH]3)c2)c1CO. The van der Waals surface area contributed by atoms with E-state index in [1.165, 1.54) is 0 Å². The second kappa shape index (κ2) is 5.89. The van der Waals surface area contributed by atoms with Crippen molar-refractivity contribution in [1.82, 2.24) is 30.6 Å². The van der Waals surface area contributed by atoms with Crippen LogP contribution < -0.4 is 5.56 Å². The first-order valence-electron chi connectivity index (χ1n) is 8.37. The first-order valence-corrected chi connectivity index (χ1v) is 8.37. The number of hydrogen-bond acceptors (Lipinski definition) is 5. The van der Waals surface area contributed by atoms with E-state index in [2.05, 4.69) is 30.6 Å². The molecule has 2 aromatic carbocycles. The first kappa shape index (κ1) is 15.5. The summed E-state index contributed by atoms with van der Waals surface area (Å²) in [5.41, 5.74) is 4.64. The maximum Gasteiger partial charge on any atom is 0.254 e. The molecule has 0 aliphatic rings. The van der Waals surface area contributed by atoms with Crippen molar-refractivity contribution in [1.29, 1.82) is 0 Å². The van der Waals surface area contributed by atoms with Crippen LogP contribution in [-0.4, -0.2) is 35.7 Å². The van der Waals surface area contributed by atoms with Gasteiger partial charge in [-0.2, -0.15) is 0 Å². The van der Waals surface area contributed by atoms with Crippen LogP contribution >= 0.6 is 0 Å². The molecule has 8 nitrogen and oxygen atoms in total. The largest absolute Gasteiger partial charge is 0.391 e. The summed E-state index contributed by atoms with van der Waals surface area (Å²) >= 11 is 0. The number of tetrazole rings is 1. The van der Waals surface area contributed by atoms with Gasteiger partial charge in [0.25, 0.3) is 5.56 Å². The van der Waals surface area contributed by atoms with Gasteiger partial charge in [0.15, 0.2) is 5.82 Å². The van der Waals surface area contributed by atoms with Gasteiger partial charge in [-0.05, 0) is 28.1 Å². The van der Waals surface area contributed by atoms with Crippen molar-refractivity contribution >= 4 is 21.9 Å². The number of H-pyrrole nitrogens is 3. The Morgan fingerprint density at radius 3 is 2.63 bits per heavy atom. The van der Waals surface area contributed by atoms with E-state index in [9.17, 15) is 9.90 Å². The van der Waals surface area contributed by atoms with Gasteiger partial charge < -0.3 is 15.1 Å². The Balaban J connectivity index is 1.87. The molecule has 0 atom stereocenters. The van der Waals surface area contributed by atoms with Gasteiger partial charge in [0.05, 0.1) is 23.2 Å². The maximum atomic E-state index is 12.6. The molecule has 27 heavy (non-hydrogen) atoms. The van der Waals surface area contributed by atoms with Crippen LogP contribution in [0.25, 0.3) is 44.5 Å². The Labute approximate surface area is 151 Å². The van der Waals surface area contributed by atoms with E-state index < -0.39 is 0 Å². The minimum Gasteiger partial charge on any atom is -0.391 e. The molecule has 0 bridgehead atoms. The number of para-hydroxylation sites is 1. The fourth-order valence-electron chi connectivity index (χ4n) is 3.49. The highest BCUT2D eigenvalue weighted by molar-refractivity contribution is 6.10. The molecule has 3 aromatic heterocycles. The number of fused-ring (bicyclic) bond motifs is 3. The second-order valence-electron chi connectivity index (χ2n) is 6.22. The molecule has 0 radical (unpaired) electrons. The predicted octanol–water partition coefficient (Wildman–Crippen LogP) is 2.35. The lowest BCUT2D eigenvalue weighted by atomic mass is 9.98. The van der Waals surface area contributed by atoms with Gasteiger partial charge in [-0.15, -0.1) is 5.10 Å². The Bertz CT molecular complexity index is 1330. The van der Waals surface area contributed by atoms with E-state index in [1.54, 1.807) is 0 Å². The molecule has 0 saturated carbocycles. The molecular formula is C19H14N6O2. The highest BCUT2D eigenvalue weighted by Gasteiger charge is 2.18. The highest BCUT2D eigenvalue weighted by atomic mass is 16.3. The molecule has 4 N–H and O–H groups in total. The molecule has 0 aliphatic heterocycles. The summed E-state index contributed by atoms with van der Waals surface area (Å²) < 4.78 is 0. The van der Waals surface area contributed by atoms with Crippen molar-refractivity contribution in [3.63, 3.8) is 0 Å². The zero-order valence-corrected chi connectivity index (χ0v) is 14.0. The summed E-state index contributed by atoms with van der Waals surface area (Å²) in [5.74, 6) is 0.528. The lowest BCUT2D eigenvalue weighted by Crippen LogP contribution is -2.14. The monoisotopic (exact) mass is 358 g/mol. The van der Waals surface area contributed by atoms with Gasteiger partial charge in [0.2, 0.25) is 0 Å². The molecule has 3 heterocycles. The van der Waals surface area contributed by atoms with Gasteiger partial charge in [-0.1, -0.05) is 36.4 Å². The molecule has 0 aliphatic carbocycles. The Kier molecular flexibility index (Phi) is 3.37. The van der Waals surface area contributed by atoms with Crippen molar-refractivity contribution in [2.75, 3.05) is 0 Å². The Hall–Kier alpha value is -3.78. The number of pyridine rings is 1. The highest BCUT2D eigenvalue weighted by Crippen LogP contribution is 2.34. The van der Waals surface area contributed by atoms with E-state index >= 15 is 0 Å². The van der Waals surface area contributed by atoms with E-state index in [4.69, 9.17) is 0 Å². The van der Waals surface area contributed by atoms with Crippen LogP contribution in [0.15, 0.2) is 53.3 Å². The van der Waals surface area contributed by atoms with Gasteiger partial charge in [-0.25, -0.2) is 5.10 Å². The number of nitrogens with zero attached hydrogens (tertiary/aromatic N) is 3. The minimum atomic E-state index is -0.371. The van der Waals surface area contributed by atoms with Crippen LogP contribution in [-0.2, 0) is 6.61 Å². The van der Waals surface area contributed by atoms with Crippen LogP contribution in [0.3, 0.4) is 0 Å². The fraction of sp³-hybridized carbons (Fsp3) is 0.0526. The normalized spacial score (nSPS) is 11.4. The molecule has 8 heteroatoms. The topological polar surface area (TPSA) is 123 Å². The van der Waals surface area contributed by atoms with Crippen LogP contribution in [0.1, 0.15) is 5.56 Å². The quantitative estimate of drug-likeness (QED) is 0.394. The van der Waals surface area contributed by atoms with Crippen LogP contribution in [0.4, 0.5) is 0 Å². The average molecular weight is 358 g/mol. The van der Waals surface area contributed by atoms with E-state index in [1.807, 2.05) is 48.5 Å². The van der Waals surface area contributed by atoms with Gasteiger partial charge in [0, 0.05) is 22.0 Å². The number of aromatic amines is 3. The van der Waals surface area contributed by atoms with E-state index in [0.29, 0.717) is 17.0 Å². The minimum absolute atomic E-state index is 0.307. The third-order valence-electron chi connectivity index (χ3n) is 4.70. The molecular weight excluding hydrogens is 344 g/mol. The molecule has 0 fully saturated rings. The van der Waals surface area contributed by atoms with Crippen LogP contribution in [0.2, 0.25) is 0 Å². The number of nitrogens with one attached hydrogen (secondary N) is 3. The maximum absolute atomic E-state index is 12.6. The molecule has 5 rings (SSSR count). The number of aliphatic hydroxyl groups is 1. The summed E-state index contributed by atoms with van der Waals surface area (Å²) in [5, 5.41) is 24.7. The summed E-state index contributed by atoms with van der Waals surface area (Å²) in [6, 6.07) is 15.3. The Morgan fingerprint density at radius 1 is 0.963 bits per heavy atom. The molecule has 0 unspecified atom stereocenters. The van der Waals surface area contributed by atoms with Crippen molar-refractivity contribution in [2.45, 2.75) is 6.61 Å². The first-order chi connectivity index (χ1) is 13.3. The summed E-state index contributed by atoms with van der Waals surface area (Å²) in [7, 11) is 0. The van der Waals surface area contributed by atoms with Crippen molar-refractivity contribution in [3.05, 3.63) is 64.4 Å². The second-order valence-corrected chi connectivity index (χ2v) is 6.22. The van der Waals surface area contributed by atoms with Crippen molar-refractivity contribution < 1.29 is 5.11 Å². The predicted molar refractivity (Wildman–Crippen MR) is 101 cm³/mol. The number of hydrogen-bond donors (Lipinski definition) is 4. The Morgan fingerprint density at radius 2 is 1.81 bits per heavy atom. The third-order valence-corrected chi connectivity index (χ3v) is 4.70. The summed E-state index contributed by atoms with van der Waals surface area (Å²) in [4.78, 5) is 18.9. The third kappa shape index (κ3) is 2.35. The van der Waals surface area contributed by atoms with Crippen molar-refractivity contribution in [2.24, 2.45) is 0 Å². The zero-order chi connectivity index (χ0) is 18.4. The standard InChI is InChI=1S/C19H14N6O2/c26-9-13-15(10-4-3-5-11(8-10)18-22-24-25-23-18)17-16(21-19(13)27)12-6-1-2-7-14(12)20-17/h1-8,20,26H,9H2,(H,21,27)(H,22,23,24,25). The molecule has 0 amide bonds. The van der Waals surface area contributed by atoms with Crippen LogP contribution in [0, 0.1) is 0 Å². The van der Waals surface area contributed by atoms with E-state index in [-0.39, 0.29) is 12.2 Å². The average Bonchev–Trinajstić information content (AvgIpc) is 3.35. The van der Waals surface area contributed by atoms with Crippen LogP contribution in [0.5, 0.6) is 0 Å². The fourth-order valence-corrected chi connectivity index (χ4v) is 3.49. The van der Waals surface area contributed by atoms with Gasteiger partial charge in [0.1, 0.15) is 0 Å². The number of rotatable bonds is 3. The zero-order valence-electron chi connectivity index (χ0n) is 14.0. The lowest BCUT2D eigenvalue weighted by Gasteiger charge is -2.10. The molecule has 0 spiro atoms.